The van der Waals surface area contributed by atoms with Gasteiger partial charge in [-0.3, -0.25) is 0 Å². The van der Waals surface area contributed by atoms with E-state index in [0.29, 0.717) is 12.0 Å². The highest BCUT2D eigenvalue weighted by atomic mass is 16.4. The van der Waals surface area contributed by atoms with E-state index in [4.69, 9.17) is 5.11 Å². The number of rotatable bonds is 5. The van der Waals surface area contributed by atoms with Gasteiger partial charge in [0.05, 0.1) is 11.5 Å². The Morgan fingerprint density at radius 3 is 2.41 bits per heavy atom. The van der Waals surface area contributed by atoms with Gasteiger partial charge >= 0.3 is 6.09 Å². The van der Waals surface area contributed by atoms with Gasteiger partial charge in [0.1, 0.15) is 0 Å². The summed E-state index contributed by atoms with van der Waals surface area (Å²) in [4.78, 5) is 13.6. The average Bonchev–Trinajstić information content (AvgIpc) is 2.73. The Labute approximate surface area is 162 Å². The minimum atomic E-state index is -0.912. The van der Waals surface area contributed by atoms with Crippen LogP contribution in [-0.4, -0.2) is 41.3 Å². The maximum atomic E-state index is 11.0. The molecule has 2 fully saturated rings. The van der Waals surface area contributed by atoms with Crippen LogP contribution in [0.2, 0.25) is 0 Å². The van der Waals surface area contributed by atoms with Crippen molar-refractivity contribution < 1.29 is 9.90 Å². The Hall–Kier alpha value is -2.06. The highest BCUT2D eigenvalue weighted by molar-refractivity contribution is 5.64. The maximum Gasteiger partial charge on any atom is 0.404 e. The second-order valence-corrected chi connectivity index (χ2v) is 8.13. The van der Waals surface area contributed by atoms with Gasteiger partial charge in [0.15, 0.2) is 0 Å². The fourth-order valence-corrected chi connectivity index (χ4v) is 5.08. The van der Waals surface area contributed by atoms with Crippen molar-refractivity contribution in [1.82, 2.24) is 10.2 Å². The van der Waals surface area contributed by atoms with Crippen LogP contribution >= 0.6 is 0 Å². The number of nitrogens with one attached hydrogen (secondary N) is 1. The normalized spacial score (nSPS) is 28.2. The monoisotopic (exact) mass is 369 g/mol. The van der Waals surface area contributed by atoms with Crippen LogP contribution in [0.15, 0.2) is 30.3 Å². The molecule has 5 heteroatoms. The highest BCUT2D eigenvalue weighted by Crippen LogP contribution is 2.41. The fourth-order valence-electron chi connectivity index (χ4n) is 5.08. The predicted octanol–water partition coefficient (Wildman–Crippen LogP) is 4.15. The molecule has 1 saturated carbocycles. The van der Waals surface area contributed by atoms with Gasteiger partial charge in [-0.25, -0.2) is 4.79 Å². The molecule has 0 spiro atoms. The summed E-state index contributed by atoms with van der Waals surface area (Å²) >= 11 is 0. The molecule has 2 N–H and O–H groups in total. The first kappa shape index (κ1) is 19.7. The zero-order chi connectivity index (χ0) is 19.3. The van der Waals surface area contributed by atoms with E-state index >= 15 is 0 Å². The first-order valence-corrected chi connectivity index (χ1v) is 10.3. The first-order valence-electron chi connectivity index (χ1n) is 10.3. The quantitative estimate of drug-likeness (QED) is 0.817. The van der Waals surface area contributed by atoms with Crippen LogP contribution in [0.5, 0.6) is 0 Å². The lowest BCUT2D eigenvalue weighted by Crippen LogP contribution is -2.49. The number of benzene rings is 1. The lowest BCUT2D eigenvalue weighted by molar-refractivity contribution is 0.0833. The zero-order valence-electron chi connectivity index (χ0n) is 16.2. The lowest BCUT2D eigenvalue weighted by Gasteiger charge is -2.44. The van der Waals surface area contributed by atoms with Gasteiger partial charge < -0.3 is 15.3 Å². The Morgan fingerprint density at radius 1 is 1.26 bits per heavy atom. The number of likely N-dealkylation sites (tertiary alicyclic amines) is 1. The van der Waals surface area contributed by atoms with Crippen molar-refractivity contribution in [2.45, 2.75) is 69.4 Å². The Kier molecular flexibility index (Phi) is 6.38. The van der Waals surface area contributed by atoms with Gasteiger partial charge in [-0.05, 0) is 69.5 Å². The van der Waals surface area contributed by atoms with Crippen molar-refractivity contribution in [2.75, 3.05) is 13.1 Å². The number of amides is 1. The summed E-state index contributed by atoms with van der Waals surface area (Å²) in [6.07, 6.45) is 6.03. The summed E-state index contributed by atoms with van der Waals surface area (Å²) in [6.45, 7) is 4.13. The van der Waals surface area contributed by atoms with E-state index < -0.39 is 6.09 Å². The van der Waals surface area contributed by atoms with Crippen LogP contribution in [0, 0.1) is 17.2 Å². The summed E-state index contributed by atoms with van der Waals surface area (Å²) in [5.74, 6) is 0.438. The molecule has 1 unspecified atom stereocenters. The van der Waals surface area contributed by atoms with Crippen LogP contribution in [0.25, 0.3) is 0 Å². The van der Waals surface area contributed by atoms with Crippen molar-refractivity contribution in [3.8, 4) is 6.07 Å². The van der Waals surface area contributed by atoms with Crippen LogP contribution in [0.3, 0.4) is 0 Å². The minimum Gasteiger partial charge on any atom is -0.465 e. The number of carbonyl (C=O) groups is 1. The topological polar surface area (TPSA) is 76.4 Å². The summed E-state index contributed by atoms with van der Waals surface area (Å²) in [6, 6.07) is 13.5. The number of hydrogen-bond donors (Lipinski definition) is 2. The molecule has 1 aliphatic carbocycles. The Bertz CT molecular complexity index is 654. The molecule has 1 amide bonds. The van der Waals surface area contributed by atoms with Crippen LogP contribution in [0.4, 0.5) is 4.79 Å². The molecular weight excluding hydrogens is 338 g/mol. The standard InChI is InChI=1S/C22H31N3O2/c1-2-20(24-21(26)27)17-10-14-25(15-11-17)19-8-12-22(16-23,13-9-19)18-6-4-3-5-7-18/h3-7,17,19-20,24H,2,8-15H2,1H3,(H,26,27). The third-order valence-corrected chi connectivity index (χ3v) is 6.76. The lowest BCUT2D eigenvalue weighted by atomic mass is 9.69. The SMILES string of the molecule is CCC(NC(=O)O)C1CCN(C2CCC(C#N)(c3ccccc3)CC2)CC1. The van der Waals surface area contributed by atoms with Crippen molar-refractivity contribution in [2.24, 2.45) is 5.92 Å². The van der Waals surface area contributed by atoms with E-state index in [1.807, 2.05) is 18.2 Å². The predicted molar refractivity (Wildman–Crippen MR) is 106 cm³/mol. The van der Waals surface area contributed by atoms with Crippen molar-refractivity contribution >= 4 is 6.09 Å². The van der Waals surface area contributed by atoms with Gasteiger partial charge in [-0.1, -0.05) is 37.3 Å². The van der Waals surface area contributed by atoms with Gasteiger partial charge in [0, 0.05) is 12.1 Å². The molecule has 5 nitrogen and oxygen atoms in total. The number of nitrogens with zero attached hydrogens (tertiary/aromatic N) is 2. The summed E-state index contributed by atoms with van der Waals surface area (Å²) in [5, 5.41) is 21.6. The van der Waals surface area contributed by atoms with Crippen LogP contribution < -0.4 is 5.32 Å². The molecule has 1 aliphatic heterocycles. The van der Waals surface area contributed by atoms with Crippen LogP contribution in [-0.2, 0) is 5.41 Å². The fraction of sp³-hybridized carbons (Fsp3) is 0.636. The van der Waals surface area contributed by atoms with E-state index in [0.717, 1.165) is 63.6 Å². The third kappa shape index (κ3) is 4.44. The highest BCUT2D eigenvalue weighted by Gasteiger charge is 2.39. The zero-order valence-corrected chi connectivity index (χ0v) is 16.2. The molecule has 27 heavy (non-hydrogen) atoms. The van der Waals surface area contributed by atoms with Crippen molar-refractivity contribution in [3.05, 3.63) is 35.9 Å². The minimum absolute atomic E-state index is 0.0697. The second kappa shape index (κ2) is 8.75. The van der Waals surface area contributed by atoms with Gasteiger partial charge in [0.2, 0.25) is 0 Å². The largest absolute Gasteiger partial charge is 0.465 e. The molecule has 1 heterocycles. The second-order valence-electron chi connectivity index (χ2n) is 8.13. The number of hydrogen-bond acceptors (Lipinski definition) is 3. The Balaban J connectivity index is 1.54. The van der Waals surface area contributed by atoms with E-state index in [1.165, 1.54) is 0 Å². The molecule has 1 aromatic rings. The molecule has 1 atom stereocenters. The van der Waals surface area contributed by atoms with E-state index in [-0.39, 0.29) is 11.5 Å². The third-order valence-electron chi connectivity index (χ3n) is 6.76. The molecule has 3 rings (SSSR count). The number of piperidine rings is 1. The molecule has 0 bridgehead atoms. The maximum absolute atomic E-state index is 11.0. The molecule has 0 aromatic heterocycles. The number of carboxylic acid groups (broad SMARTS) is 1. The first-order chi connectivity index (χ1) is 13.1. The smallest absolute Gasteiger partial charge is 0.404 e. The molecule has 0 radical (unpaired) electrons. The summed E-state index contributed by atoms with van der Waals surface area (Å²) in [5.41, 5.74) is 0.838. The molecule has 1 aromatic carbocycles. The molecule has 2 aliphatic rings. The molecule has 146 valence electrons. The van der Waals surface area contributed by atoms with Gasteiger partial charge in [-0.2, -0.15) is 5.26 Å². The molecular formula is C22H31N3O2. The van der Waals surface area contributed by atoms with Crippen molar-refractivity contribution in [3.63, 3.8) is 0 Å². The summed E-state index contributed by atoms with van der Waals surface area (Å²) < 4.78 is 0. The van der Waals surface area contributed by atoms with E-state index in [2.05, 4.69) is 35.3 Å². The van der Waals surface area contributed by atoms with Crippen molar-refractivity contribution in [1.29, 1.82) is 5.26 Å². The van der Waals surface area contributed by atoms with Gasteiger partial charge in [-0.15, -0.1) is 0 Å². The Morgan fingerprint density at radius 2 is 1.89 bits per heavy atom. The summed E-state index contributed by atoms with van der Waals surface area (Å²) in [7, 11) is 0. The molecule has 1 saturated heterocycles. The van der Waals surface area contributed by atoms with Crippen LogP contribution in [0.1, 0.15) is 57.4 Å². The van der Waals surface area contributed by atoms with Gasteiger partial charge in [0.25, 0.3) is 0 Å². The number of nitriles is 1. The average molecular weight is 370 g/mol. The van der Waals surface area contributed by atoms with E-state index in [1.54, 1.807) is 0 Å². The van der Waals surface area contributed by atoms with E-state index in [9.17, 15) is 10.1 Å².